The van der Waals surface area contributed by atoms with Gasteiger partial charge in [-0.1, -0.05) is 48.9 Å². The summed E-state index contributed by atoms with van der Waals surface area (Å²) >= 11 is 0. The summed E-state index contributed by atoms with van der Waals surface area (Å²) in [4.78, 5) is 12.3. The molecule has 27 heavy (non-hydrogen) atoms. The molecular formula is C22H29N5. The Kier molecular flexibility index (Phi) is 6.47. The van der Waals surface area contributed by atoms with Gasteiger partial charge < -0.3 is 15.6 Å². The normalized spacial score (nSPS) is 12.9. The molecule has 3 aromatic rings. The minimum absolute atomic E-state index is 0.430. The van der Waals surface area contributed by atoms with E-state index in [2.05, 4.69) is 69.8 Å². The van der Waals surface area contributed by atoms with Gasteiger partial charge in [0.2, 0.25) is 0 Å². The summed E-state index contributed by atoms with van der Waals surface area (Å²) in [6.45, 7) is 6.05. The quantitative estimate of drug-likeness (QED) is 0.340. The molecular weight excluding hydrogens is 334 g/mol. The Balaban J connectivity index is 1.40. The van der Waals surface area contributed by atoms with Crippen LogP contribution in [0.1, 0.15) is 36.2 Å². The van der Waals surface area contributed by atoms with E-state index in [0.29, 0.717) is 5.92 Å². The van der Waals surface area contributed by atoms with Crippen molar-refractivity contribution in [2.24, 2.45) is 4.99 Å². The summed E-state index contributed by atoms with van der Waals surface area (Å²) < 4.78 is 0. The summed E-state index contributed by atoms with van der Waals surface area (Å²) in [5, 5.41) is 6.80. The molecule has 0 saturated heterocycles. The molecule has 0 aliphatic heterocycles. The number of aliphatic imine (C=N–C) groups is 1. The highest BCUT2D eigenvalue weighted by Crippen LogP contribution is 2.14. The minimum Gasteiger partial charge on any atom is -0.356 e. The van der Waals surface area contributed by atoms with Crippen LogP contribution >= 0.6 is 0 Å². The smallest absolute Gasteiger partial charge is 0.190 e. The molecule has 3 N–H and O–H groups in total. The maximum absolute atomic E-state index is 4.62. The van der Waals surface area contributed by atoms with Gasteiger partial charge in [-0.2, -0.15) is 0 Å². The number of aromatic nitrogens is 2. The topological polar surface area (TPSA) is 65.1 Å². The lowest BCUT2D eigenvalue weighted by Crippen LogP contribution is -2.39. The Morgan fingerprint density at radius 2 is 1.89 bits per heavy atom. The van der Waals surface area contributed by atoms with Crippen LogP contribution < -0.4 is 10.6 Å². The number of nitrogens with zero attached hydrogens (tertiary/aromatic N) is 2. The maximum Gasteiger partial charge on any atom is 0.190 e. The van der Waals surface area contributed by atoms with Gasteiger partial charge in [-0.3, -0.25) is 4.99 Å². The summed E-state index contributed by atoms with van der Waals surface area (Å²) in [7, 11) is 1.81. The largest absolute Gasteiger partial charge is 0.356 e. The summed E-state index contributed by atoms with van der Waals surface area (Å²) in [5.74, 6) is 2.31. The lowest BCUT2D eigenvalue weighted by molar-refractivity contribution is 0.684. The van der Waals surface area contributed by atoms with E-state index in [9.17, 15) is 0 Å². The third-order valence-corrected chi connectivity index (χ3v) is 4.77. The predicted molar refractivity (Wildman–Crippen MR) is 113 cm³/mol. The number of hydrogen-bond donors (Lipinski definition) is 3. The molecule has 0 aliphatic rings. The molecule has 0 bridgehead atoms. The van der Waals surface area contributed by atoms with Crippen molar-refractivity contribution in [3.63, 3.8) is 0 Å². The van der Waals surface area contributed by atoms with E-state index in [0.717, 1.165) is 48.7 Å². The molecule has 142 valence electrons. The molecule has 0 amide bonds. The molecule has 0 saturated carbocycles. The van der Waals surface area contributed by atoms with Crippen molar-refractivity contribution in [1.82, 2.24) is 20.6 Å². The van der Waals surface area contributed by atoms with Crippen molar-refractivity contribution >= 4 is 17.0 Å². The van der Waals surface area contributed by atoms with Gasteiger partial charge in [-0.05, 0) is 37.0 Å². The van der Waals surface area contributed by atoms with Gasteiger partial charge in [-0.25, -0.2) is 4.98 Å². The molecule has 0 aliphatic carbocycles. The lowest BCUT2D eigenvalue weighted by Gasteiger charge is -2.16. The Bertz CT molecular complexity index is 846. The average molecular weight is 364 g/mol. The lowest BCUT2D eigenvalue weighted by atomic mass is 10.0. The van der Waals surface area contributed by atoms with E-state index in [1.165, 1.54) is 11.1 Å². The zero-order valence-corrected chi connectivity index (χ0v) is 16.4. The first-order valence-corrected chi connectivity index (χ1v) is 9.60. The fourth-order valence-corrected chi connectivity index (χ4v) is 3.07. The third-order valence-electron chi connectivity index (χ3n) is 4.77. The van der Waals surface area contributed by atoms with Crippen molar-refractivity contribution in [2.75, 3.05) is 20.1 Å². The van der Waals surface area contributed by atoms with Crippen LogP contribution in [0.15, 0.2) is 53.5 Å². The van der Waals surface area contributed by atoms with Crippen LogP contribution in [0.25, 0.3) is 11.0 Å². The standard InChI is InChI=1S/C22H29N5/c1-16-10-12-18(13-11-16)17(2)15-25-22(23-3)24-14-6-9-21-26-19-7-4-5-8-20(19)27-21/h4-5,7-8,10-13,17H,6,9,14-15H2,1-3H3,(H,26,27)(H2,23,24,25). The molecule has 3 rings (SSSR count). The molecule has 1 unspecified atom stereocenters. The number of imidazole rings is 1. The van der Waals surface area contributed by atoms with Gasteiger partial charge >= 0.3 is 0 Å². The van der Waals surface area contributed by atoms with Crippen LogP contribution in [0.5, 0.6) is 0 Å². The van der Waals surface area contributed by atoms with E-state index < -0.39 is 0 Å². The third kappa shape index (κ3) is 5.33. The predicted octanol–water partition coefficient (Wildman–Crippen LogP) is 3.77. The highest BCUT2D eigenvalue weighted by atomic mass is 15.2. The number of para-hydroxylation sites is 2. The van der Waals surface area contributed by atoms with Crippen molar-refractivity contribution in [3.05, 3.63) is 65.5 Å². The number of aryl methyl sites for hydroxylation is 2. The van der Waals surface area contributed by atoms with Crippen molar-refractivity contribution in [2.45, 2.75) is 32.6 Å². The van der Waals surface area contributed by atoms with E-state index in [4.69, 9.17) is 0 Å². The van der Waals surface area contributed by atoms with Gasteiger partial charge in [0.05, 0.1) is 11.0 Å². The molecule has 5 heteroatoms. The molecule has 1 heterocycles. The molecule has 5 nitrogen and oxygen atoms in total. The maximum atomic E-state index is 4.62. The monoisotopic (exact) mass is 363 g/mol. The van der Waals surface area contributed by atoms with Crippen LogP contribution in [-0.2, 0) is 6.42 Å². The Labute approximate surface area is 161 Å². The van der Waals surface area contributed by atoms with Gasteiger partial charge in [0.25, 0.3) is 0 Å². The highest BCUT2D eigenvalue weighted by Gasteiger charge is 2.07. The molecule has 2 aromatic carbocycles. The highest BCUT2D eigenvalue weighted by molar-refractivity contribution is 5.79. The molecule has 0 spiro atoms. The van der Waals surface area contributed by atoms with Crippen LogP contribution in [0.2, 0.25) is 0 Å². The first-order valence-electron chi connectivity index (χ1n) is 9.60. The number of benzene rings is 2. The Hall–Kier alpha value is -2.82. The van der Waals surface area contributed by atoms with Crippen LogP contribution in [0, 0.1) is 6.92 Å². The van der Waals surface area contributed by atoms with Crippen molar-refractivity contribution in [3.8, 4) is 0 Å². The zero-order chi connectivity index (χ0) is 19.1. The SMILES string of the molecule is CN=C(NCCCc1nc2ccccc2[nH]1)NCC(C)c1ccc(C)cc1. The Morgan fingerprint density at radius 3 is 2.63 bits per heavy atom. The van der Waals surface area contributed by atoms with Crippen LogP contribution in [0.3, 0.4) is 0 Å². The van der Waals surface area contributed by atoms with Crippen LogP contribution in [0.4, 0.5) is 0 Å². The number of H-pyrrole nitrogens is 1. The number of hydrogen-bond acceptors (Lipinski definition) is 2. The minimum atomic E-state index is 0.430. The van der Waals surface area contributed by atoms with E-state index >= 15 is 0 Å². The summed E-state index contributed by atoms with van der Waals surface area (Å²) in [5.41, 5.74) is 4.76. The second-order valence-electron chi connectivity index (χ2n) is 7.00. The number of nitrogens with one attached hydrogen (secondary N) is 3. The number of rotatable bonds is 7. The number of fused-ring (bicyclic) bond motifs is 1. The van der Waals surface area contributed by atoms with E-state index in [1.54, 1.807) is 0 Å². The van der Waals surface area contributed by atoms with Crippen molar-refractivity contribution < 1.29 is 0 Å². The average Bonchev–Trinajstić information content (AvgIpc) is 3.10. The first-order chi connectivity index (χ1) is 13.2. The zero-order valence-electron chi connectivity index (χ0n) is 16.4. The Morgan fingerprint density at radius 1 is 1.11 bits per heavy atom. The van der Waals surface area contributed by atoms with E-state index in [-0.39, 0.29) is 0 Å². The second kappa shape index (κ2) is 9.21. The fourth-order valence-electron chi connectivity index (χ4n) is 3.07. The molecule has 1 aromatic heterocycles. The fraction of sp³-hybridized carbons (Fsp3) is 0.364. The molecule has 0 radical (unpaired) electrons. The molecule has 0 fully saturated rings. The van der Waals surface area contributed by atoms with Gasteiger partial charge in [0.1, 0.15) is 5.82 Å². The van der Waals surface area contributed by atoms with Gasteiger partial charge in [0, 0.05) is 26.6 Å². The second-order valence-corrected chi connectivity index (χ2v) is 7.00. The summed E-state index contributed by atoms with van der Waals surface area (Å²) in [6, 6.07) is 16.9. The first kappa shape index (κ1) is 19.0. The van der Waals surface area contributed by atoms with Crippen molar-refractivity contribution in [1.29, 1.82) is 0 Å². The van der Waals surface area contributed by atoms with Gasteiger partial charge in [-0.15, -0.1) is 0 Å². The molecule has 1 atom stereocenters. The number of aromatic amines is 1. The summed E-state index contributed by atoms with van der Waals surface area (Å²) in [6.07, 6.45) is 1.91. The number of guanidine groups is 1. The van der Waals surface area contributed by atoms with Gasteiger partial charge in [0.15, 0.2) is 5.96 Å². The van der Waals surface area contributed by atoms with Crippen LogP contribution in [-0.4, -0.2) is 36.1 Å². The van der Waals surface area contributed by atoms with E-state index in [1.807, 2.05) is 25.2 Å².